The molecule has 2 unspecified atom stereocenters. The summed E-state index contributed by atoms with van der Waals surface area (Å²) in [6.45, 7) is 2.32. The molecule has 1 aliphatic rings. The van der Waals surface area contributed by atoms with Crippen molar-refractivity contribution in [1.82, 2.24) is 10.6 Å². The van der Waals surface area contributed by atoms with Crippen LogP contribution in [-0.2, 0) is 0 Å². The molecule has 0 aromatic heterocycles. The number of ether oxygens (including phenoxy) is 1. The lowest BCUT2D eigenvalue weighted by Crippen LogP contribution is -2.32. The van der Waals surface area contributed by atoms with E-state index in [0.717, 1.165) is 18.2 Å². The average Bonchev–Trinajstić information content (AvgIpc) is 2.46. The molecular weight excluding hydrogens is 224 g/mol. The Labute approximate surface area is 110 Å². The lowest BCUT2D eigenvalue weighted by molar-refractivity contribution is 0.316. The third kappa shape index (κ3) is 3.24. The molecule has 2 rings (SSSR count). The first-order valence-corrected chi connectivity index (χ1v) is 6.86. The lowest BCUT2D eigenvalue weighted by Gasteiger charge is -2.28. The molecule has 1 aliphatic heterocycles. The number of hydrogen-bond acceptors (Lipinski definition) is 3. The topological polar surface area (TPSA) is 33.3 Å². The van der Waals surface area contributed by atoms with Gasteiger partial charge in [0.2, 0.25) is 0 Å². The van der Waals surface area contributed by atoms with E-state index in [1.807, 2.05) is 19.2 Å². The molecule has 1 heterocycles. The fourth-order valence-corrected chi connectivity index (χ4v) is 2.81. The second-order valence-corrected chi connectivity index (χ2v) is 5.03. The summed E-state index contributed by atoms with van der Waals surface area (Å²) >= 11 is 0. The summed E-state index contributed by atoms with van der Waals surface area (Å²) in [5, 5.41) is 6.92. The molecule has 100 valence electrons. The fourth-order valence-electron chi connectivity index (χ4n) is 2.81. The van der Waals surface area contributed by atoms with Gasteiger partial charge in [0.25, 0.3) is 0 Å². The number of para-hydroxylation sites is 1. The number of piperidine rings is 1. The van der Waals surface area contributed by atoms with E-state index in [1.54, 1.807) is 7.11 Å². The van der Waals surface area contributed by atoms with Crippen LogP contribution in [0.15, 0.2) is 24.3 Å². The molecule has 0 saturated carbocycles. The second kappa shape index (κ2) is 6.76. The van der Waals surface area contributed by atoms with Gasteiger partial charge in [-0.2, -0.15) is 0 Å². The Bertz CT molecular complexity index is 361. The Morgan fingerprint density at radius 3 is 2.94 bits per heavy atom. The summed E-state index contributed by atoms with van der Waals surface area (Å²) in [4.78, 5) is 0. The van der Waals surface area contributed by atoms with E-state index in [0.29, 0.717) is 6.04 Å². The summed E-state index contributed by atoms with van der Waals surface area (Å²) in [5.74, 6) is 1.75. The predicted octanol–water partition coefficient (Wildman–Crippen LogP) is 2.35. The van der Waals surface area contributed by atoms with Crippen LogP contribution in [0.25, 0.3) is 0 Å². The molecular formula is C15H24N2O. The first-order chi connectivity index (χ1) is 8.85. The predicted molar refractivity (Wildman–Crippen MR) is 75.0 cm³/mol. The van der Waals surface area contributed by atoms with Crippen molar-refractivity contribution in [2.45, 2.75) is 25.3 Å². The SMILES string of the molecule is CNC(CC1CCCNC1)c1ccccc1OC. The van der Waals surface area contributed by atoms with Gasteiger partial charge in [-0.15, -0.1) is 0 Å². The van der Waals surface area contributed by atoms with Crippen molar-refractivity contribution in [1.29, 1.82) is 0 Å². The van der Waals surface area contributed by atoms with Crippen LogP contribution in [0.2, 0.25) is 0 Å². The number of methoxy groups -OCH3 is 1. The van der Waals surface area contributed by atoms with E-state index < -0.39 is 0 Å². The van der Waals surface area contributed by atoms with Crippen molar-refractivity contribution in [2.75, 3.05) is 27.2 Å². The molecule has 0 radical (unpaired) electrons. The van der Waals surface area contributed by atoms with Crippen molar-refractivity contribution in [3.05, 3.63) is 29.8 Å². The molecule has 1 aromatic carbocycles. The quantitative estimate of drug-likeness (QED) is 0.839. The van der Waals surface area contributed by atoms with Gasteiger partial charge >= 0.3 is 0 Å². The Morgan fingerprint density at radius 1 is 1.44 bits per heavy atom. The Kier molecular flexibility index (Phi) is 5.02. The van der Waals surface area contributed by atoms with E-state index in [-0.39, 0.29) is 0 Å². The number of benzene rings is 1. The third-order valence-electron chi connectivity index (χ3n) is 3.83. The minimum absolute atomic E-state index is 0.381. The van der Waals surface area contributed by atoms with Gasteiger partial charge in [0.1, 0.15) is 5.75 Å². The molecule has 3 heteroatoms. The van der Waals surface area contributed by atoms with Gasteiger partial charge in [-0.3, -0.25) is 0 Å². The highest BCUT2D eigenvalue weighted by Crippen LogP contribution is 2.30. The van der Waals surface area contributed by atoms with Crippen LogP contribution in [0.4, 0.5) is 0 Å². The highest BCUT2D eigenvalue weighted by Gasteiger charge is 2.20. The second-order valence-electron chi connectivity index (χ2n) is 5.03. The van der Waals surface area contributed by atoms with Crippen molar-refractivity contribution in [3.63, 3.8) is 0 Å². The summed E-state index contributed by atoms with van der Waals surface area (Å²) < 4.78 is 5.46. The largest absolute Gasteiger partial charge is 0.496 e. The molecule has 1 aromatic rings. The molecule has 2 N–H and O–H groups in total. The molecule has 0 amide bonds. The minimum atomic E-state index is 0.381. The molecule has 2 atom stereocenters. The van der Waals surface area contributed by atoms with Gasteiger partial charge in [0, 0.05) is 11.6 Å². The van der Waals surface area contributed by atoms with Crippen LogP contribution in [-0.4, -0.2) is 27.2 Å². The number of rotatable bonds is 5. The van der Waals surface area contributed by atoms with Crippen molar-refractivity contribution < 1.29 is 4.74 Å². The van der Waals surface area contributed by atoms with Crippen molar-refractivity contribution in [3.8, 4) is 5.75 Å². The number of nitrogens with one attached hydrogen (secondary N) is 2. The first-order valence-electron chi connectivity index (χ1n) is 6.86. The van der Waals surface area contributed by atoms with Gasteiger partial charge in [0.15, 0.2) is 0 Å². The summed E-state index contributed by atoms with van der Waals surface area (Å²) in [7, 11) is 3.78. The van der Waals surface area contributed by atoms with Crippen molar-refractivity contribution in [2.24, 2.45) is 5.92 Å². The molecule has 1 fully saturated rings. The van der Waals surface area contributed by atoms with Gasteiger partial charge in [0.05, 0.1) is 7.11 Å². The van der Waals surface area contributed by atoms with E-state index in [1.165, 1.54) is 31.4 Å². The van der Waals surface area contributed by atoms with Gasteiger partial charge in [-0.05, 0) is 51.4 Å². The molecule has 0 spiro atoms. The zero-order chi connectivity index (χ0) is 12.8. The lowest BCUT2D eigenvalue weighted by atomic mass is 9.89. The maximum absolute atomic E-state index is 5.46. The summed E-state index contributed by atoms with van der Waals surface area (Å²) in [6.07, 6.45) is 3.80. The monoisotopic (exact) mass is 248 g/mol. The molecule has 0 bridgehead atoms. The van der Waals surface area contributed by atoms with Crippen LogP contribution in [0.5, 0.6) is 5.75 Å². The molecule has 0 aliphatic carbocycles. The summed E-state index contributed by atoms with van der Waals surface area (Å²) in [6, 6.07) is 8.69. The maximum Gasteiger partial charge on any atom is 0.123 e. The van der Waals surface area contributed by atoms with E-state index in [9.17, 15) is 0 Å². The average molecular weight is 248 g/mol. The number of hydrogen-bond donors (Lipinski definition) is 2. The van der Waals surface area contributed by atoms with Crippen LogP contribution in [0, 0.1) is 5.92 Å². The van der Waals surface area contributed by atoms with Crippen LogP contribution >= 0.6 is 0 Å². The fraction of sp³-hybridized carbons (Fsp3) is 0.600. The first kappa shape index (κ1) is 13.4. The normalized spacial score (nSPS) is 21.6. The standard InChI is InChI=1S/C15H24N2O/c1-16-14(10-12-6-5-9-17-11-12)13-7-3-4-8-15(13)18-2/h3-4,7-8,12,14,16-17H,5-6,9-11H2,1-2H3. The minimum Gasteiger partial charge on any atom is -0.496 e. The highest BCUT2D eigenvalue weighted by molar-refractivity contribution is 5.35. The van der Waals surface area contributed by atoms with E-state index >= 15 is 0 Å². The van der Waals surface area contributed by atoms with E-state index in [2.05, 4.69) is 22.8 Å². The van der Waals surface area contributed by atoms with Crippen molar-refractivity contribution >= 4 is 0 Å². The summed E-state index contributed by atoms with van der Waals surface area (Å²) in [5.41, 5.74) is 1.27. The maximum atomic E-state index is 5.46. The van der Waals surface area contributed by atoms with Crippen LogP contribution < -0.4 is 15.4 Å². The van der Waals surface area contributed by atoms with Gasteiger partial charge in [-0.1, -0.05) is 18.2 Å². The van der Waals surface area contributed by atoms with E-state index in [4.69, 9.17) is 4.74 Å². The molecule has 1 saturated heterocycles. The molecule has 18 heavy (non-hydrogen) atoms. The molecule has 3 nitrogen and oxygen atoms in total. The van der Waals surface area contributed by atoms with Crippen LogP contribution in [0.3, 0.4) is 0 Å². The smallest absolute Gasteiger partial charge is 0.123 e. The van der Waals surface area contributed by atoms with Gasteiger partial charge in [-0.25, -0.2) is 0 Å². The van der Waals surface area contributed by atoms with Crippen LogP contribution in [0.1, 0.15) is 30.9 Å². The van der Waals surface area contributed by atoms with Gasteiger partial charge < -0.3 is 15.4 Å². The zero-order valence-electron chi connectivity index (χ0n) is 11.4. The Balaban J connectivity index is 2.07. The Hall–Kier alpha value is -1.06. The zero-order valence-corrected chi connectivity index (χ0v) is 11.4. The Morgan fingerprint density at radius 2 is 2.28 bits per heavy atom. The highest BCUT2D eigenvalue weighted by atomic mass is 16.5. The third-order valence-corrected chi connectivity index (χ3v) is 3.83.